The minimum atomic E-state index is 0.778. The van der Waals surface area contributed by atoms with Gasteiger partial charge in [0.2, 0.25) is 0 Å². The Balaban J connectivity index is 2.63. The van der Waals surface area contributed by atoms with Crippen LogP contribution in [-0.2, 0) is 6.54 Å². The van der Waals surface area contributed by atoms with Crippen LogP contribution in [0.2, 0.25) is 0 Å². The third-order valence-electron chi connectivity index (χ3n) is 2.85. The molecular formula is C15H25NO2. The Kier molecular flexibility index (Phi) is 7.26. The summed E-state index contributed by atoms with van der Waals surface area (Å²) in [7, 11) is 1.68. The molecule has 0 radical (unpaired) electrons. The second kappa shape index (κ2) is 8.81. The van der Waals surface area contributed by atoms with Gasteiger partial charge in [-0.2, -0.15) is 0 Å². The number of methoxy groups -OCH3 is 1. The van der Waals surface area contributed by atoms with Gasteiger partial charge < -0.3 is 14.8 Å². The molecule has 0 unspecified atom stereocenters. The molecule has 0 saturated heterocycles. The van der Waals surface area contributed by atoms with E-state index in [4.69, 9.17) is 9.47 Å². The standard InChI is InChI=1S/C15H25NO2/c1-4-6-7-10-18-15-11-14(17-3)9-8-13(15)12-16-5-2/h8-9,11,16H,4-7,10,12H2,1-3H3. The van der Waals surface area contributed by atoms with Crippen LogP contribution in [0, 0.1) is 0 Å². The van der Waals surface area contributed by atoms with E-state index in [1.807, 2.05) is 12.1 Å². The van der Waals surface area contributed by atoms with Gasteiger partial charge in [-0.15, -0.1) is 0 Å². The normalized spacial score (nSPS) is 10.4. The molecule has 102 valence electrons. The van der Waals surface area contributed by atoms with E-state index in [0.717, 1.165) is 37.6 Å². The van der Waals surface area contributed by atoms with Crippen LogP contribution in [0.4, 0.5) is 0 Å². The van der Waals surface area contributed by atoms with Crippen LogP contribution >= 0.6 is 0 Å². The molecule has 3 nitrogen and oxygen atoms in total. The highest BCUT2D eigenvalue weighted by Gasteiger charge is 2.05. The van der Waals surface area contributed by atoms with E-state index < -0.39 is 0 Å². The molecule has 0 aromatic heterocycles. The van der Waals surface area contributed by atoms with Gasteiger partial charge in [0.25, 0.3) is 0 Å². The van der Waals surface area contributed by atoms with Crippen molar-refractivity contribution >= 4 is 0 Å². The van der Waals surface area contributed by atoms with Crippen molar-refractivity contribution < 1.29 is 9.47 Å². The summed E-state index contributed by atoms with van der Waals surface area (Å²) < 4.78 is 11.1. The number of rotatable bonds is 9. The Hall–Kier alpha value is -1.22. The summed E-state index contributed by atoms with van der Waals surface area (Å²) in [5.41, 5.74) is 1.19. The first kappa shape index (κ1) is 14.8. The zero-order valence-corrected chi connectivity index (χ0v) is 11.8. The average Bonchev–Trinajstić information content (AvgIpc) is 2.42. The first-order valence-electron chi connectivity index (χ1n) is 6.82. The molecule has 1 aromatic rings. The van der Waals surface area contributed by atoms with Crippen LogP contribution in [0.15, 0.2) is 18.2 Å². The van der Waals surface area contributed by atoms with Crippen molar-refractivity contribution in [1.29, 1.82) is 0 Å². The second-order valence-corrected chi connectivity index (χ2v) is 4.31. The molecule has 1 N–H and O–H groups in total. The van der Waals surface area contributed by atoms with E-state index in [2.05, 4.69) is 25.2 Å². The van der Waals surface area contributed by atoms with E-state index in [1.165, 1.54) is 18.4 Å². The van der Waals surface area contributed by atoms with Gasteiger partial charge in [0.1, 0.15) is 11.5 Å². The van der Waals surface area contributed by atoms with Crippen LogP contribution in [0.3, 0.4) is 0 Å². The Morgan fingerprint density at radius 3 is 2.67 bits per heavy atom. The molecule has 0 heterocycles. The third-order valence-corrected chi connectivity index (χ3v) is 2.85. The number of hydrogen-bond acceptors (Lipinski definition) is 3. The fourth-order valence-corrected chi connectivity index (χ4v) is 1.74. The van der Waals surface area contributed by atoms with Crippen LogP contribution in [0.25, 0.3) is 0 Å². The Morgan fingerprint density at radius 2 is 2.00 bits per heavy atom. The molecular weight excluding hydrogens is 226 g/mol. The van der Waals surface area contributed by atoms with E-state index in [9.17, 15) is 0 Å². The lowest BCUT2D eigenvalue weighted by molar-refractivity contribution is 0.300. The van der Waals surface area contributed by atoms with Gasteiger partial charge in [-0.1, -0.05) is 32.8 Å². The maximum atomic E-state index is 5.86. The number of hydrogen-bond donors (Lipinski definition) is 1. The summed E-state index contributed by atoms with van der Waals surface area (Å²) in [6.07, 6.45) is 3.53. The SMILES string of the molecule is CCCCCOc1cc(OC)ccc1CNCC. The second-order valence-electron chi connectivity index (χ2n) is 4.31. The molecule has 0 aliphatic rings. The molecule has 0 spiro atoms. The maximum Gasteiger partial charge on any atom is 0.127 e. The van der Waals surface area contributed by atoms with Gasteiger partial charge in [0, 0.05) is 18.2 Å². The third kappa shape index (κ3) is 4.96. The lowest BCUT2D eigenvalue weighted by Crippen LogP contribution is -2.13. The zero-order valence-electron chi connectivity index (χ0n) is 11.8. The first-order chi connectivity index (χ1) is 8.81. The lowest BCUT2D eigenvalue weighted by Gasteiger charge is -2.13. The van der Waals surface area contributed by atoms with Crippen LogP contribution in [0.5, 0.6) is 11.5 Å². The molecule has 0 aliphatic carbocycles. The van der Waals surface area contributed by atoms with Gasteiger partial charge in [0.05, 0.1) is 13.7 Å². The van der Waals surface area contributed by atoms with E-state index in [-0.39, 0.29) is 0 Å². The topological polar surface area (TPSA) is 30.5 Å². The fourth-order valence-electron chi connectivity index (χ4n) is 1.74. The van der Waals surface area contributed by atoms with Crippen molar-refractivity contribution in [3.63, 3.8) is 0 Å². The van der Waals surface area contributed by atoms with Crippen molar-refractivity contribution in [1.82, 2.24) is 5.32 Å². The maximum absolute atomic E-state index is 5.86. The number of nitrogens with one attached hydrogen (secondary N) is 1. The van der Waals surface area contributed by atoms with Crippen molar-refractivity contribution in [3.05, 3.63) is 23.8 Å². The Morgan fingerprint density at radius 1 is 1.17 bits per heavy atom. The number of benzene rings is 1. The van der Waals surface area contributed by atoms with Gasteiger partial charge in [-0.05, 0) is 19.0 Å². The van der Waals surface area contributed by atoms with Crippen molar-refractivity contribution in [2.75, 3.05) is 20.3 Å². The fraction of sp³-hybridized carbons (Fsp3) is 0.600. The molecule has 0 atom stereocenters. The van der Waals surface area contributed by atoms with E-state index >= 15 is 0 Å². The van der Waals surface area contributed by atoms with Gasteiger partial charge in [-0.3, -0.25) is 0 Å². The summed E-state index contributed by atoms with van der Waals surface area (Å²) in [5.74, 6) is 1.78. The quantitative estimate of drug-likeness (QED) is 0.683. The minimum Gasteiger partial charge on any atom is -0.497 e. The lowest BCUT2D eigenvalue weighted by atomic mass is 10.2. The molecule has 18 heavy (non-hydrogen) atoms. The molecule has 0 saturated carbocycles. The molecule has 0 aliphatic heterocycles. The summed E-state index contributed by atoms with van der Waals surface area (Å²) in [6.45, 7) is 6.87. The van der Waals surface area contributed by atoms with Crippen LogP contribution < -0.4 is 14.8 Å². The zero-order chi connectivity index (χ0) is 13.2. The number of unbranched alkanes of at least 4 members (excludes halogenated alkanes) is 2. The molecule has 1 rings (SSSR count). The van der Waals surface area contributed by atoms with Crippen molar-refractivity contribution in [2.24, 2.45) is 0 Å². The van der Waals surface area contributed by atoms with E-state index in [1.54, 1.807) is 7.11 Å². The monoisotopic (exact) mass is 251 g/mol. The first-order valence-corrected chi connectivity index (χ1v) is 6.82. The number of ether oxygens (including phenoxy) is 2. The summed E-state index contributed by atoms with van der Waals surface area (Å²) >= 11 is 0. The van der Waals surface area contributed by atoms with Gasteiger partial charge in [-0.25, -0.2) is 0 Å². The predicted octanol–water partition coefficient (Wildman–Crippen LogP) is 3.37. The highest BCUT2D eigenvalue weighted by molar-refractivity contribution is 5.40. The summed E-state index contributed by atoms with van der Waals surface area (Å²) in [4.78, 5) is 0. The highest BCUT2D eigenvalue weighted by Crippen LogP contribution is 2.25. The van der Waals surface area contributed by atoms with Crippen molar-refractivity contribution in [2.45, 2.75) is 39.7 Å². The largest absolute Gasteiger partial charge is 0.497 e. The molecule has 3 heteroatoms. The smallest absolute Gasteiger partial charge is 0.127 e. The van der Waals surface area contributed by atoms with Crippen LogP contribution in [0.1, 0.15) is 38.7 Å². The molecule has 1 aromatic carbocycles. The van der Waals surface area contributed by atoms with Gasteiger partial charge >= 0.3 is 0 Å². The molecule has 0 bridgehead atoms. The summed E-state index contributed by atoms with van der Waals surface area (Å²) in [6, 6.07) is 6.01. The Labute approximate surface area is 110 Å². The molecule has 0 fully saturated rings. The predicted molar refractivity (Wildman–Crippen MR) is 75.4 cm³/mol. The van der Waals surface area contributed by atoms with E-state index in [0.29, 0.717) is 0 Å². The van der Waals surface area contributed by atoms with Gasteiger partial charge in [0.15, 0.2) is 0 Å². The van der Waals surface area contributed by atoms with Crippen molar-refractivity contribution in [3.8, 4) is 11.5 Å². The highest BCUT2D eigenvalue weighted by atomic mass is 16.5. The minimum absolute atomic E-state index is 0.778. The van der Waals surface area contributed by atoms with Crippen LogP contribution in [-0.4, -0.2) is 20.3 Å². The average molecular weight is 251 g/mol. The summed E-state index contributed by atoms with van der Waals surface area (Å²) in [5, 5.41) is 3.32. The Bertz CT molecular complexity index is 339. The molecule has 0 amide bonds.